The highest BCUT2D eigenvalue weighted by Crippen LogP contribution is 2.19. The third kappa shape index (κ3) is 3.37. The van der Waals surface area contributed by atoms with Gasteiger partial charge in [0.2, 0.25) is 0 Å². The molecule has 0 fully saturated rings. The van der Waals surface area contributed by atoms with Gasteiger partial charge in [0.25, 0.3) is 0 Å². The maximum absolute atomic E-state index is 13.5. The SMILES string of the molecule is Fc1cc(Cl)ccc1COc1cccc(CCl)c1. The molecule has 0 atom stereocenters. The third-order valence-electron chi connectivity index (χ3n) is 2.46. The Balaban J connectivity index is 2.06. The van der Waals surface area contributed by atoms with Crippen molar-refractivity contribution in [2.75, 3.05) is 0 Å². The molecule has 0 N–H and O–H groups in total. The summed E-state index contributed by atoms with van der Waals surface area (Å²) >= 11 is 11.4. The van der Waals surface area contributed by atoms with Crippen molar-refractivity contribution in [3.63, 3.8) is 0 Å². The molecule has 0 heterocycles. The molecule has 0 saturated carbocycles. The second-order valence-corrected chi connectivity index (χ2v) is 4.51. The van der Waals surface area contributed by atoms with Crippen LogP contribution in [0.25, 0.3) is 0 Å². The van der Waals surface area contributed by atoms with Gasteiger partial charge in [-0.25, -0.2) is 4.39 Å². The van der Waals surface area contributed by atoms with Crippen molar-refractivity contribution >= 4 is 23.2 Å². The maximum Gasteiger partial charge on any atom is 0.131 e. The van der Waals surface area contributed by atoms with E-state index in [0.717, 1.165) is 5.56 Å². The molecule has 0 aliphatic heterocycles. The van der Waals surface area contributed by atoms with Crippen LogP contribution in [0.5, 0.6) is 5.75 Å². The molecule has 2 rings (SSSR count). The van der Waals surface area contributed by atoms with Crippen molar-refractivity contribution < 1.29 is 9.13 Å². The summed E-state index contributed by atoms with van der Waals surface area (Å²) in [4.78, 5) is 0. The van der Waals surface area contributed by atoms with E-state index in [1.165, 1.54) is 6.07 Å². The normalized spacial score (nSPS) is 10.4. The lowest BCUT2D eigenvalue weighted by Crippen LogP contribution is -1.98. The molecule has 2 aromatic rings. The number of rotatable bonds is 4. The van der Waals surface area contributed by atoms with Crippen molar-refractivity contribution in [3.8, 4) is 5.75 Å². The second-order valence-electron chi connectivity index (χ2n) is 3.81. The highest BCUT2D eigenvalue weighted by molar-refractivity contribution is 6.30. The van der Waals surface area contributed by atoms with Gasteiger partial charge in [0.15, 0.2) is 0 Å². The Bertz CT molecular complexity index is 543. The van der Waals surface area contributed by atoms with E-state index in [0.29, 0.717) is 22.2 Å². The summed E-state index contributed by atoms with van der Waals surface area (Å²) in [5, 5.41) is 0.375. The number of hydrogen-bond acceptors (Lipinski definition) is 1. The van der Waals surface area contributed by atoms with E-state index < -0.39 is 0 Å². The maximum atomic E-state index is 13.5. The van der Waals surface area contributed by atoms with Gasteiger partial charge in [-0.05, 0) is 29.8 Å². The molecule has 0 unspecified atom stereocenters. The number of hydrogen-bond donors (Lipinski definition) is 0. The number of ether oxygens (including phenoxy) is 1. The van der Waals surface area contributed by atoms with Crippen LogP contribution in [-0.4, -0.2) is 0 Å². The van der Waals surface area contributed by atoms with Crippen molar-refractivity contribution in [2.24, 2.45) is 0 Å². The van der Waals surface area contributed by atoms with Crippen LogP contribution >= 0.6 is 23.2 Å². The predicted molar refractivity (Wildman–Crippen MR) is 71.7 cm³/mol. The summed E-state index contributed by atoms with van der Waals surface area (Å²) in [7, 11) is 0. The molecular weight excluding hydrogens is 274 g/mol. The molecule has 2 aromatic carbocycles. The largest absolute Gasteiger partial charge is 0.489 e. The lowest BCUT2D eigenvalue weighted by molar-refractivity contribution is 0.299. The quantitative estimate of drug-likeness (QED) is 0.733. The Morgan fingerprint density at radius 2 is 1.94 bits per heavy atom. The highest BCUT2D eigenvalue weighted by Gasteiger charge is 2.04. The van der Waals surface area contributed by atoms with Gasteiger partial charge in [-0.15, -0.1) is 11.6 Å². The van der Waals surface area contributed by atoms with Crippen LogP contribution in [-0.2, 0) is 12.5 Å². The van der Waals surface area contributed by atoms with Gasteiger partial charge in [-0.2, -0.15) is 0 Å². The van der Waals surface area contributed by atoms with Gasteiger partial charge in [-0.1, -0.05) is 29.8 Å². The lowest BCUT2D eigenvalue weighted by atomic mass is 10.2. The van der Waals surface area contributed by atoms with Crippen LogP contribution in [0.15, 0.2) is 42.5 Å². The average molecular weight is 285 g/mol. The summed E-state index contributed by atoms with van der Waals surface area (Å²) in [6.07, 6.45) is 0. The van der Waals surface area contributed by atoms with E-state index in [1.54, 1.807) is 12.1 Å². The fourth-order valence-corrected chi connectivity index (χ4v) is 1.84. The van der Waals surface area contributed by atoms with Gasteiger partial charge in [0.1, 0.15) is 18.2 Å². The minimum absolute atomic E-state index is 0.161. The Hall–Kier alpha value is -1.25. The van der Waals surface area contributed by atoms with Crippen LogP contribution in [0, 0.1) is 5.82 Å². The molecular formula is C14H11Cl2FO. The number of halogens is 3. The zero-order valence-electron chi connectivity index (χ0n) is 9.50. The van der Waals surface area contributed by atoms with Crippen LogP contribution in [0.1, 0.15) is 11.1 Å². The first kappa shape index (κ1) is 13.2. The van der Waals surface area contributed by atoms with E-state index in [9.17, 15) is 4.39 Å². The lowest BCUT2D eigenvalue weighted by Gasteiger charge is -2.08. The monoisotopic (exact) mass is 284 g/mol. The molecule has 0 radical (unpaired) electrons. The first-order valence-electron chi connectivity index (χ1n) is 5.40. The number of benzene rings is 2. The minimum Gasteiger partial charge on any atom is -0.489 e. The van der Waals surface area contributed by atoms with Gasteiger partial charge in [0.05, 0.1) is 0 Å². The van der Waals surface area contributed by atoms with Crippen molar-refractivity contribution in [1.82, 2.24) is 0 Å². The molecule has 18 heavy (non-hydrogen) atoms. The fraction of sp³-hybridized carbons (Fsp3) is 0.143. The molecule has 0 amide bonds. The van der Waals surface area contributed by atoms with E-state index in [-0.39, 0.29) is 12.4 Å². The Morgan fingerprint density at radius 1 is 1.11 bits per heavy atom. The van der Waals surface area contributed by atoms with Crippen molar-refractivity contribution in [3.05, 3.63) is 64.4 Å². The predicted octanol–water partition coefficient (Wildman–Crippen LogP) is 4.80. The molecule has 0 aliphatic carbocycles. The first-order valence-corrected chi connectivity index (χ1v) is 6.32. The van der Waals surface area contributed by atoms with Gasteiger partial charge in [0, 0.05) is 16.5 Å². The molecule has 4 heteroatoms. The zero-order valence-corrected chi connectivity index (χ0v) is 11.0. The first-order chi connectivity index (χ1) is 8.69. The van der Waals surface area contributed by atoms with Crippen molar-refractivity contribution in [2.45, 2.75) is 12.5 Å². The summed E-state index contributed by atoms with van der Waals surface area (Å²) in [5.74, 6) is 0.727. The van der Waals surface area contributed by atoms with E-state index >= 15 is 0 Å². The molecule has 0 saturated heterocycles. The molecule has 1 nitrogen and oxygen atoms in total. The molecule has 0 aromatic heterocycles. The number of alkyl halides is 1. The van der Waals surface area contributed by atoms with Crippen LogP contribution in [0.2, 0.25) is 5.02 Å². The van der Waals surface area contributed by atoms with Crippen LogP contribution in [0.4, 0.5) is 4.39 Å². The third-order valence-corrected chi connectivity index (χ3v) is 3.01. The molecule has 0 bridgehead atoms. The van der Waals surface area contributed by atoms with Crippen LogP contribution in [0.3, 0.4) is 0 Å². The van der Waals surface area contributed by atoms with E-state index in [2.05, 4.69) is 0 Å². The smallest absolute Gasteiger partial charge is 0.131 e. The standard InChI is InChI=1S/C14H11Cl2FO/c15-8-10-2-1-3-13(6-10)18-9-11-4-5-12(16)7-14(11)17/h1-7H,8-9H2. The Kier molecular flexibility index (Phi) is 4.45. The van der Waals surface area contributed by atoms with E-state index in [1.807, 2.05) is 24.3 Å². The minimum atomic E-state index is -0.365. The Morgan fingerprint density at radius 3 is 2.67 bits per heavy atom. The van der Waals surface area contributed by atoms with Crippen LogP contribution < -0.4 is 4.74 Å². The average Bonchev–Trinajstić information content (AvgIpc) is 2.38. The molecule has 94 valence electrons. The van der Waals surface area contributed by atoms with Gasteiger partial charge >= 0.3 is 0 Å². The summed E-state index contributed by atoms with van der Waals surface area (Å²) in [5.41, 5.74) is 1.43. The fourth-order valence-electron chi connectivity index (χ4n) is 1.52. The topological polar surface area (TPSA) is 9.23 Å². The van der Waals surface area contributed by atoms with E-state index in [4.69, 9.17) is 27.9 Å². The second kappa shape index (κ2) is 6.07. The highest BCUT2D eigenvalue weighted by atomic mass is 35.5. The van der Waals surface area contributed by atoms with Gasteiger partial charge in [-0.3, -0.25) is 0 Å². The van der Waals surface area contributed by atoms with Crippen molar-refractivity contribution in [1.29, 1.82) is 0 Å². The summed E-state index contributed by atoms with van der Waals surface area (Å²) in [6, 6.07) is 11.9. The molecule has 0 spiro atoms. The Labute approximate surface area is 115 Å². The molecule has 0 aliphatic rings. The zero-order chi connectivity index (χ0) is 13.0. The van der Waals surface area contributed by atoms with Gasteiger partial charge < -0.3 is 4.74 Å². The summed E-state index contributed by atoms with van der Waals surface area (Å²) in [6.45, 7) is 0.161. The summed E-state index contributed by atoms with van der Waals surface area (Å²) < 4.78 is 19.0.